The minimum absolute atomic E-state index is 0.154. The zero-order chi connectivity index (χ0) is 20.5. The summed E-state index contributed by atoms with van der Waals surface area (Å²) in [4.78, 5) is 3.89. The van der Waals surface area contributed by atoms with Crippen LogP contribution in [-0.2, 0) is 20.0 Å². The fraction of sp³-hybridized carbons (Fsp3) is 0.167. The van der Waals surface area contributed by atoms with Gasteiger partial charge in [0.1, 0.15) is 6.26 Å². The van der Waals surface area contributed by atoms with Crippen LogP contribution < -0.4 is 9.86 Å². The average Bonchev–Trinajstić information content (AvgIpc) is 3.13. The largest absolute Gasteiger partial charge is 0.445 e. The third kappa shape index (κ3) is 4.30. The van der Waals surface area contributed by atoms with E-state index in [9.17, 15) is 16.8 Å². The molecule has 0 aliphatic heterocycles. The van der Waals surface area contributed by atoms with Crippen LogP contribution in [0.5, 0.6) is 0 Å². The van der Waals surface area contributed by atoms with Crippen LogP contribution in [0.25, 0.3) is 22.6 Å². The van der Waals surface area contributed by atoms with Crippen molar-refractivity contribution >= 4 is 20.0 Å². The van der Waals surface area contributed by atoms with Crippen LogP contribution in [0.15, 0.2) is 64.2 Å². The number of nitrogens with one attached hydrogen (secondary N) is 1. The Morgan fingerprint density at radius 3 is 2.21 bits per heavy atom. The first-order valence-corrected chi connectivity index (χ1v) is 11.6. The lowest BCUT2D eigenvalue weighted by Gasteiger charge is -2.21. The Kier molecular flexibility index (Phi) is 5.39. The van der Waals surface area contributed by atoms with Gasteiger partial charge in [0.2, 0.25) is 25.9 Å². The van der Waals surface area contributed by atoms with Crippen LogP contribution in [0.1, 0.15) is 18.5 Å². The van der Waals surface area contributed by atoms with Gasteiger partial charge in [-0.05, 0) is 18.6 Å². The Hall–Kier alpha value is -2.53. The van der Waals surface area contributed by atoms with Crippen LogP contribution in [0, 0.1) is 0 Å². The molecule has 148 valence electrons. The summed E-state index contributed by atoms with van der Waals surface area (Å²) in [5.41, 5.74) is 1.47. The molecule has 0 aliphatic rings. The van der Waals surface area contributed by atoms with Crippen LogP contribution in [0.4, 0.5) is 0 Å². The molecule has 1 unspecified atom stereocenters. The smallest absolute Gasteiger partial charge is 0.239 e. The van der Waals surface area contributed by atoms with Crippen LogP contribution in [0.2, 0.25) is 0 Å². The number of rotatable bonds is 6. The molecular weight excluding hydrogens is 402 g/mol. The monoisotopic (exact) mass is 421 g/mol. The van der Waals surface area contributed by atoms with E-state index in [2.05, 4.69) is 9.71 Å². The number of sulfonamides is 2. The molecule has 1 aromatic heterocycles. The number of hydrogen-bond acceptors (Lipinski definition) is 6. The predicted molar refractivity (Wildman–Crippen MR) is 105 cm³/mol. The van der Waals surface area contributed by atoms with Crippen molar-refractivity contribution in [1.29, 1.82) is 0 Å². The first-order valence-electron chi connectivity index (χ1n) is 8.20. The van der Waals surface area contributed by atoms with E-state index < -0.39 is 26.1 Å². The van der Waals surface area contributed by atoms with E-state index >= 15 is 0 Å². The number of oxazole rings is 1. The Balaban J connectivity index is 2.40. The van der Waals surface area contributed by atoms with Gasteiger partial charge in [0.15, 0.2) is 0 Å². The van der Waals surface area contributed by atoms with Gasteiger partial charge in [0, 0.05) is 22.7 Å². The van der Waals surface area contributed by atoms with Gasteiger partial charge in [-0.3, -0.25) is 0 Å². The lowest BCUT2D eigenvalue weighted by atomic mass is 9.95. The van der Waals surface area contributed by atoms with Crippen molar-refractivity contribution in [2.75, 3.05) is 6.26 Å². The van der Waals surface area contributed by atoms with Crippen LogP contribution >= 0.6 is 0 Å². The normalized spacial score (nSPS) is 13.4. The molecule has 0 spiro atoms. The summed E-state index contributed by atoms with van der Waals surface area (Å²) in [5.74, 6) is 0.154. The number of aromatic nitrogens is 1. The Morgan fingerprint density at radius 2 is 1.68 bits per heavy atom. The van der Waals surface area contributed by atoms with Gasteiger partial charge in [-0.1, -0.05) is 36.4 Å². The number of nitrogens with zero attached hydrogens (tertiary/aromatic N) is 1. The second-order valence-corrected chi connectivity index (χ2v) is 9.54. The molecule has 0 amide bonds. The number of benzene rings is 2. The quantitative estimate of drug-likeness (QED) is 0.627. The van der Waals surface area contributed by atoms with Gasteiger partial charge in [0.05, 0.1) is 17.3 Å². The molecule has 0 bridgehead atoms. The zero-order valence-electron chi connectivity index (χ0n) is 15.2. The van der Waals surface area contributed by atoms with E-state index in [1.165, 1.54) is 19.4 Å². The van der Waals surface area contributed by atoms with Crippen molar-refractivity contribution < 1.29 is 21.3 Å². The summed E-state index contributed by atoms with van der Waals surface area (Å²) in [6.07, 6.45) is 3.75. The SMILES string of the molecule is CC(NS(C)(=O)=O)c1c(-c2ncco2)ccc(-c2ccccc2)c1S(N)(=O)=O. The maximum Gasteiger partial charge on any atom is 0.239 e. The molecule has 0 fully saturated rings. The van der Waals surface area contributed by atoms with E-state index in [4.69, 9.17) is 9.56 Å². The van der Waals surface area contributed by atoms with E-state index in [1.807, 2.05) is 0 Å². The molecule has 1 heterocycles. The highest BCUT2D eigenvalue weighted by Crippen LogP contribution is 2.38. The molecule has 0 aliphatic carbocycles. The summed E-state index contributed by atoms with van der Waals surface area (Å²) >= 11 is 0. The maximum absolute atomic E-state index is 12.6. The Labute approximate surface area is 163 Å². The minimum Gasteiger partial charge on any atom is -0.445 e. The molecule has 0 saturated heterocycles. The Bertz CT molecular complexity index is 1190. The summed E-state index contributed by atoms with van der Waals surface area (Å²) in [6.45, 7) is 1.53. The molecule has 3 N–H and O–H groups in total. The van der Waals surface area contributed by atoms with E-state index in [-0.39, 0.29) is 16.3 Å². The van der Waals surface area contributed by atoms with Crippen LogP contribution in [0.3, 0.4) is 0 Å². The van der Waals surface area contributed by atoms with E-state index in [0.29, 0.717) is 16.7 Å². The van der Waals surface area contributed by atoms with Crippen LogP contribution in [-0.4, -0.2) is 28.1 Å². The van der Waals surface area contributed by atoms with Crippen molar-refractivity contribution in [3.05, 3.63) is 60.5 Å². The van der Waals surface area contributed by atoms with Gasteiger partial charge in [0.25, 0.3) is 0 Å². The lowest BCUT2D eigenvalue weighted by Crippen LogP contribution is -2.28. The van der Waals surface area contributed by atoms with Gasteiger partial charge in [-0.25, -0.2) is 31.7 Å². The van der Waals surface area contributed by atoms with Gasteiger partial charge < -0.3 is 4.42 Å². The summed E-state index contributed by atoms with van der Waals surface area (Å²) in [6, 6.07) is 11.2. The fourth-order valence-corrected chi connectivity index (χ4v) is 4.95. The summed E-state index contributed by atoms with van der Waals surface area (Å²) in [5, 5.41) is 5.56. The molecule has 0 radical (unpaired) electrons. The minimum atomic E-state index is -4.23. The van der Waals surface area contributed by atoms with Crippen molar-refractivity contribution in [2.24, 2.45) is 5.14 Å². The van der Waals surface area contributed by atoms with Gasteiger partial charge >= 0.3 is 0 Å². The highest BCUT2D eigenvalue weighted by atomic mass is 32.2. The van der Waals surface area contributed by atoms with Crippen molar-refractivity contribution in [1.82, 2.24) is 9.71 Å². The van der Waals surface area contributed by atoms with Crippen molar-refractivity contribution in [2.45, 2.75) is 17.9 Å². The van der Waals surface area contributed by atoms with E-state index in [0.717, 1.165) is 6.26 Å². The fourth-order valence-electron chi connectivity index (χ4n) is 3.10. The highest BCUT2D eigenvalue weighted by Gasteiger charge is 2.29. The number of nitrogens with two attached hydrogens (primary N) is 1. The molecule has 2 aromatic carbocycles. The molecule has 0 saturated carbocycles. The highest BCUT2D eigenvalue weighted by molar-refractivity contribution is 7.89. The predicted octanol–water partition coefficient (Wildman–Crippen LogP) is 2.27. The van der Waals surface area contributed by atoms with Crippen molar-refractivity contribution in [3.8, 4) is 22.6 Å². The molecule has 10 heteroatoms. The topological polar surface area (TPSA) is 132 Å². The second-order valence-electron chi connectivity index (χ2n) is 6.26. The third-order valence-corrected chi connectivity index (χ3v) is 5.84. The molecule has 1 atom stereocenters. The first-order chi connectivity index (χ1) is 13.1. The Morgan fingerprint density at radius 1 is 1.04 bits per heavy atom. The molecule has 3 aromatic rings. The number of hydrogen-bond donors (Lipinski definition) is 2. The first kappa shape index (κ1) is 20.2. The number of primary sulfonamides is 1. The van der Waals surface area contributed by atoms with E-state index in [1.54, 1.807) is 42.5 Å². The third-order valence-electron chi connectivity index (χ3n) is 4.05. The summed E-state index contributed by atoms with van der Waals surface area (Å²) < 4.78 is 56.5. The van der Waals surface area contributed by atoms with Crippen molar-refractivity contribution in [3.63, 3.8) is 0 Å². The molecule has 28 heavy (non-hydrogen) atoms. The zero-order valence-corrected chi connectivity index (χ0v) is 16.8. The molecule has 3 rings (SSSR count). The average molecular weight is 422 g/mol. The van der Waals surface area contributed by atoms with Gasteiger partial charge in [-0.15, -0.1) is 0 Å². The molecule has 8 nitrogen and oxygen atoms in total. The maximum atomic E-state index is 12.6. The molecular formula is C18H19N3O5S2. The second kappa shape index (κ2) is 7.47. The summed E-state index contributed by atoms with van der Waals surface area (Å²) in [7, 11) is -7.86. The lowest BCUT2D eigenvalue weighted by molar-refractivity contribution is 0.560. The standard InChI is InChI=1S/C18H19N3O5S2/c1-12(21-27(2,22)23)16-15(18-20-10-11-26-18)9-8-14(17(16)28(19,24)25)13-6-4-3-5-7-13/h3-12,21H,1-2H3,(H2,19,24,25). The van der Waals surface area contributed by atoms with Gasteiger partial charge in [-0.2, -0.15) is 0 Å².